The molecular weight excluding hydrogens is 672 g/mol. The molecule has 11 N–H and O–H groups in total. The summed E-state index contributed by atoms with van der Waals surface area (Å²) in [5.74, 6) is -0.746. The number of hydrogen-bond donors (Lipinski definition) is 11. The quantitative estimate of drug-likeness (QED) is 0.134. The van der Waals surface area contributed by atoms with Gasteiger partial charge >= 0.3 is 0 Å². The predicted octanol–water partition coefficient (Wildman–Crippen LogP) is -2.59. The molecule has 18 heteroatoms. The van der Waals surface area contributed by atoms with Gasteiger partial charge in [-0.15, -0.1) is 0 Å². The van der Waals surface area contributed by atoms with Gasteiger partial charge in [-0.2, -0.15) is 0 Å². The van der Waals surface area contributed by atoms with Crippen LogP contribution in [0.4, 0.5) is 0 Å². The Morgan fingerprint density at radius 3 is 2.14 bits per heavy atom. The molecule has 0 radical (unpaired) electrons. The maximum absolute atomic E-state index is 11.4. The fourth-order valence-corrected chi connectivity index (χ4v) is 6.03. The van der Waals surface area contributed by atoms with E-state index >= 15 is 0 Å². The summed E-state index contributed by atoms with van der Waals surface area (Å²) in [6.07, 6.45) is -22.0. The Kier molecular flexibility index (Phi) is 10.7. The number of aliphatic hydroxyl groups is 8. The van der Waals surface area contributed by atoms with Crippen molar-refractivity contribution >= 4 is 6.08 Å². The first-order valence-corrected chi connectivity index (χ1v) is 15.8. The minimum atomic E-state index is -1.87. The number of aliphatic hydroxyl groups excluding tert-OH is 8. The molecule has 0 bridgehead atoms. The molecule has 3 fully saturated rings. The zero-order chi connectivity index (χ0) is 36.0. The Hall–Kier alpha value is -3.34. The van der Waals surface area contributed by atoms with E-state index in [9.17, 15) is 56.2 Å². The van der Waals surface area contributed by atoms with Crippen LogP contribution in [-0.4, -0.2) is 155 Å². The molecule has 2 aromatic carbocycles. The van der Waals surface area contributed by atoms with E-state index in [0.29, 0.717) is 5.56 Å². The summed E-state index contributed by atoms with van der Waals surface area (Å²) >= 11 is 0. The van der Waals surface area contributed by atoms with E-state index in [0.717, 1.165) is 6.07 Å². The van der Waals surface area contributed by atoms with E-state index in [1.165, 1.54) is 43.3 Å². The smallest absolute Gasteiger partial charge is 0.229 e. The molecule has 4 heterocycles. The Bertz CT molecular complexity index is 1500. The van der Waals surface area contributed by atoms with E-state index < -0.39 is 105 Å². The lowest BCUT2D eigenvalue weighted by molar-refractivity contribution is -0.359. The summed E-state index contributed by atoms with van der Waals surface area (Å²) < 4.78 is 40.6. The molecule has 0 spiro atoms. The largest absolute Gasteiger partial charge is 0.508 e. The van der Waals surface area contributed by atoms with Gasteiger partial charge in [0, 0.05) is 17.7 Å². The van der Waals surface area contributed by atoms with Crippen molar-refractivity contribution in [1.29, 1.82) is 0 Å². The lowest BCUT2D eigenvalue weighted by Crippen LogP contribution is -2.63. The van der Waals surface area contributed by atoms with Crippen LogP contribution in [0.1, 0.15) is 24.2 Å². The van der Waals surface area contributed by atoms with E-state index in [2.05, 4.69) is 0 Å². The summed E-state index contributed by atoms with van der Waals surface area (Å²) in [5.41, 5.74) is 0.501. The fourth-order valence-electron chi connectivity index (χ4n) is 6.03. The van der Waals surface area contributed by atoms with Crippen LogP contribution in [0.5, 0.6) is 23.0 Å². The number of aromatic hydroxyl groups is 3. The lowest BCUT2D eigenvalue weighted by Gasteiger charge is -2.46. The van der Waals surface area contributed by atoms with Crippen LogP contribution in [0.2, 0.25) is 0 Å². The second-order valence-electron chi connectivity index (χ2n) is 12.5. The fraction of sp³-hybridized carbons (Fsp3) is 0.562. The van der Waals surface area contributed by atoms with Gasteiger partial charge in [-0.25, -0.2) is 0 Å². The van der Waals surface area contributed by atoms with Crippen molar-refractivity contribution in [2.75, 3.05) is 13.2 Å². The molecule has 0 amide bonds. The molecule has 0 aliphatic carbocycles. The number of phenolic OH excluding ortho intramolecular Hbond substituents is 3. The second kappa shape index (κ2) is 14.7. The number of benzene rings is 2. The van der Waals surface area contributed by atoms with Crippen LogP contribution in [0.3, 0.4) is 0 Å². The Labute approximate surface area is 284 Å². The number of phenols is 3. The molecule has 18 nitrogen and oxygen atoms in total. The average molecular weight is 713 g/mol. The van der Waals surface area contributed by atoms with Gasteiger partial charge in [-0.05, 0) is 25.1 Å². The first-order chi connectivity index (χ1) is 23.7. The number of ether oxygens (including phenoxy) is 7. The molecule has 276 valence electrons. The van der Waals surface area contributed by atoms with Gasteiger partial charge < -0.3 is 89.3 Å². The van der Waals surface area contributed by atoms with Gasteiger partial charge in [-0.1, -0.05) is 12.1 Å². The van der Waals surface area contributed by atoms with Crippen molar-refractivity contribution in [2.24, 2.45) is 0 Å². The predicted molar refractivity (Wildman–Crippen MR) is 162 cm³/mol. The molecule has 4 aliphatic rings. The van der Waals surface area contributed by atoms with Crippen LogP contribution in [0, 0.1) is 0 Å². The van der Waals surface area contributed by atoms with Gasteiger partial charge in [0.25, 0.3) is 0 Å². The topological polar surface area (TPSA) is 287 Å². The van der Waals surface area contributed by atoms with Crippen molar-refractivity contribution in [3.8, 4) is 23.0 Å². The monoisotopic (exact) mass is 712 g/mol. The van der Waals surface area contributed by atoms with Crippen LogP contribution >= 0.6 is 0 Å². The van der Waals surface area contributed by atoms with Crippen molar-refractivity contribution in [3.63, 3.8) is 0 Å². The highest BCUT2D eigenvalue weighted by atomic mass is 16.8. The molecule has 3 saturated heterocycles. The van der Waals surface area contributed by atoms with Crippen molar-refractivity contribution in [2.45, 2.75) is 99.0 Å². The molecule has 1 unspecified atom stereocenters. The summed E-state index contributed by atoms with van der Waals surface area (Å²) in [4.78, 5) is 0. The van der Waals surface area contributed by atoms with Crippen molar-refractivity contribution < 1.29 is 89.3 Å². The van der Waals surface area contributed by atoms with Gasteiger partial charge in [0.1, 0.15) is 83.7 Å². The van der Waals surface area contributed by atoms with E-state index in [4.69, 9.17) is 33.2 Å². The third-order valence-corrected chi connectivity index (χ3v) is 8.97. The highest BCUT2D eigenvalue weighted by molar-refractivity contribution is 5.69. The highest BCUT2D eigenvalue weighted by Crippen LogP contribution is 2.45. The zero-order valence-electron chi connectivity index (χ0n) is 26.4. The third-order valence-electron chi connectivity index (χ3n) is 8.97. The average Bonchev–Trinajstić information content (AvgIpc) is 3.08. The van der Waals surface area contributed by atoms with Crippen molar-refractivity contribution in [3.05, 3.63) is 53.3 Å². The van der Waals surface area contributed by atoms with Gasteiger partial charge in [0.2, 0.25) is 6.29 Å². The van der Waals surface area contributed by atoms with Gasteiger partial charge in [-0.3, -0.25) is 0 Å². The molecule has 15 atom stereocenters. The van der Waals surface area contributed by atoms with Crippen molar-refractivity contribution in [1.82, 2.24) is 0 Å². The highest BCUT2D eigenvalue weighted by Gasteiger charge is 2.51. The first-order valence-electron chi connectivity index (χ1n) is 15.8. The summed E-state index contributed by atoms with van der Waals surface area (Å²) in [7, 11) is 0. The minimum absolute atomic E-state index is 0.0578. The standard InChI is InChI=1S/C32H40O18/c1-11-21(37)24(40)27(43)30(46-11)45-10-20-23(39)25(41)29(50-31-26(42)22(38)17(36)9-44-31)32(49-20)48-19-8-15-16(35)6-14(34)7-18(15)47-28(19)12-2-4-13(33)5-3-12/h2-8,11,17,20-43H,9-10H2,1H3/t11-,17-,20+,21-,22-,23+,24-,25-,26-,27-,28?,29-,30+,31-,32+/m0/s1. The van der Waals surface area contributed by atoms with Crippen LogP contribution in [0.15, 0.2) is 42.2 Å². The summed E-state index contributed by atoms with van der Waals surface area (Å²) in [6, 6.07) is 8.10. The Morgan fingerprint density at radius 2 is 1.42 bits per heavy atom. The SMILES string of the molecule is C[C@@H]1O[C@@H](OC[C@H]2O[C@@H](OC3=Cc4c(O)cc(O)cc4OC3c3ccc(O)cc3)[C@@H](O[C@@H]3OC[C@H](O)[C@H](O)[C@@H]3O)[C@@H](O)[C@@H]2O)[C@@H](O)[C@@H](O)[C@H]1O. The lowest BCUT2D eigenvalue weighted by atomic mass is 9.97. The number of hydrogen-bond acceptors (Lipinski definition) is 18. The zero-order valence-corrected chi connectivity index (χ0v) is 26.4. The molecule has 4 aliphatic heterocycles. The summed E-state index contributed by atoms with van der Waals surface area (Å²) in [6.45, 7) is 0.414. The maximum Gasteiger partial charge on any atom is 0.229 e. The van der Waals surface area contributed by atoms with E-state index in [1.807, 2.05) is 0 Å². The maximum atomic E-state index is 11.4. The molecule has 0 aromatic heterocycles. The van der Waals surface area contributed by atoms with Gasteiger partial charge in [0.05, 0.1) is 24.9 Å². The molecule has 6 rings (SSSR count). The van der Waals surface area contributed by atoms with Crippen LogP contribution < -0.4 is 4.74 Å². The minimum Gasteiger partial charge on any atom is -0.508 e. The second-order valence-corrected chi connectivity index (χ2v) is 12.5. The molecule has 2 aromatic rings. The Balaban J connectivity index is 1.31. The van der Waals surface area contributed by atoms with E-state index in [1.54, 1.807) is 0 Å². The molecule has 0 saturated carbocycles. The van der Waals surface area contributed by atoms with Crippen LogP contribution in [-0.2, 0) is 28.4 Å². The third kappa shape index (κ3) is 7.21. The normalized spacial score (nSPS) is 40.3. The van der Waals surface area contributed by atoms with Crippen LogP contribution in [0.25, 0.3) is 6.08 Å². The molecule has 50 heavy (non-hydrogen) atoms. The first kappa shape index (κ1) is 36.5. The van der Waals surface area contributed by atoms with E-state index in [-0.39, 0.29) is 34.3 Å². The Morgan fingerprint density at radius 1 is 0.720 bits per heavy atom. The summed E-state index contributed by atoms with van der Waals surface area (Å²) in [5, 5.41) is 114. The number of fused-ring (bicyclic) bond motifs is 1. The van der Waals surface area contributed by atoms with Gasteiger partial charge in [0.15, 0.2) is 24.8 Å². The number of rotatable bonds is 8. The molecular formula is C32H40O18.